The number of hydrogen-bond donors (Lipinski definition) is 1. The van der Waals surface area contributed by atoms with Crippen LogP contribution < -0.4 is 5.73 Å². The maximum absolute atomic E-state index is 12.9. The summed E-state index contributed by atoms with van der Waals surface area (Å²) in [5, 5.41) is 3.80. The van der Waals surface area contributed by atoms with Gasteiger partial charge in [-0.1, -0.05) is 5.16 Å². The lowest BCUT2D eigenvalue weighted by molar-refractivity contribution is 0.397. The first-order valence-electron chi connectivity index (χ1n) is 4.96. The molecule has 1 aromatic carbocycles. The van der Waals surface area contributed by atoms with Crippen molar-refractivity contribution in [2.24, 2.45) is 5.73 Å². The SMILES string of the molecule is CC(C)(N)c1noc(-c2ccc(F)cc2Br)n1. The Bertz CT molecular complexity index is 548. The average molecular weight is 300 g/mol. The summed E-state index contributed by atoms with van der Waals surface area (Å²) in [6.07, 6.45) is 0. The lowest BCUT2D eigenvalue weighted by atomic mass is 10.1. The van der Waals surface area contributed by atoms with E-state index in [1.165, 1.54) is 12.1 Å². The molecule has 0 saturated carbocycles. The Morgan fingerprint density at radius 1 is 1.41 bits per heavy atom. The van der Waals surface area contributed by atoms with E-state index in [-0.39, 0.29) is 5.82 Å². The van der Waals surface area contributed by atoms with Crippen LogP contribution in [0.2, 0.25) is 0 Å². The van der Waals surface area contributed by atoms with Crippen LogP contribution in [0, 0.1) is 5.82 Å². The van der Waals surface area contributed by atoms with Crippen LogP contribution in [0.3, 0.4) is 0 Å². The highest BCUT2D eigenvalue weighted by Gasteiger charge is 2.22. The van der Waals surface area contributed by atoms with Crippen molar-refractivity contribution in [2.75, 3.05) is 0 Å². The number of nitrogens with two attached hydrogens (primary N) is 1. The predicted molar refractivity (Wildman–Crippen MR) is 64.6 cm³/mol. The van der Waals surface area contributed by atoms with Gasteiger partial charge in [-0.15, -0.1) is 0 Å². The summed E-state index contributed by atoms with van der Waals surface area (Å²) < 4.78 is 18.6. The van der Waals surface area contributed by atoms with E-state index in [9.17, 15) is 4.39 Å². The molecule has 0 unspecified atom stereocenters. The highest BCUT2D eigenvalue weighted by molar-refractivity contribution is 9.10. The van der Waals surface area contributed by atoms with Crippen LogP contribution in [0.5, 0.6) is 0 Å². The molecule has 0 radical (unpaired) electrons. The average Bonchev–Trinajstić information content (AvgIpc) is 2.65. The van der Waals surface area contributed by atoms with Gasteiger partial charge in [0, 0.05) is 4.47 Å². The first-order chi connectivity index (χ1) is 7.88. The number of aromatic nitrogens is 2. The molecule has 0 aliphatic heterocycles. The summed E-state index contributed by atoms with van der Waals surface area (Å²) >= 11 is 3.24. The van der Waals surface area contributed by atoms with Crippen LogP contribution in [0.25, 0.3) is 11.5 Å². The first kappa shape index (κ1) is 12.2. The molecule has 0 aliphatic carbocycles. The van der Waals surface area contributed by atoms with Gasteiger partial charge in [-0.2, -0.15) is 4.98 Å². The first-order valence-corrected chi connectivity index (χ1v) is 5.76. The molecule has 90 valence electrons. The van der Waals surface area contributed by atoms with Crippen molar-refractivity contribution in [3.8, 4) is 11.5 Å². The van der Waals surface area contributed by atoms with Crippen LogP contribution in [-0.4, -0.2) is 10.1 Å². The summed E-state index contributed by atoms with van der Waals surface area (Å²) in [6, 6.07) is 4.24. The maximum atomic E-state index is 12.9. The van der Waals surface area contributed by atoms with Gasteiger partial charge >= 0.3 is 0 Å². The van der Waals surface area contributed by atoms with Crippen LogP contribution in [0.15, 0.2) is 27.2 Å². The minimum Gasteiger partial charge on any atom is -0.334 e. The fourth-order valence-corrected chi connectivity index (χ4v) is 1.78. The summed E-state index contributed by atoms with van der Waals surface area (Å²) in [4.78, 5) is 4.19. The third kappa shape index (κ3) is 2.53. The van der Waals surface area contributed by atoms with Gasteiger partial charge in [0.15, 0.2) is 5.82 Å². The van der Waals surface area contributed by atoms with E-state index in [1.54, 1.807) is 19.9 Å². The highest BCUT2D eigenvalue weighted by atomic mass is 79.9. The molecule has 0 spiro atoms. The second kappa shape index (κ2) is 4.19. The highest BCUT2D eigenvalue weighted by Crippen LogP contribution is 2.28. The minimum atomic E-state index is -0.672. The van der Waals surface area contributed by atoms with Gasteiger partial charge in [0.2, 0.25) is 0 Å². The maximum Gasteiger partial charge on any atom is 0.259 e. The molecule has 1 aromatic heterocycles. The van der Waals surface area contributed by atoms with Crippen LogP contribution in [0.1, 0.15) is 19.7 Å². The zero-order valence-electron chi connectivity index (χ0n) is 9.37. The van der Waals surface area contributed by atoms with E-state index in [2.05, 4.69) is 26.1 Å². The van der Waals surface area contributed by atoms with Crippen LogP contribution in [0.4, 0.5) is 4.39 Å². The Kier molecular flexibility index (Phi) is 3.01. The molecular formula is C11H11BrFN3O. The number of rotatable bonds is 2. The Balaban J connectivity index is 2.44. The van der Waals surface area contributed by atoms with Crippen molar-refractivity contribution < 1.29 is 8.91 Å². The molecule has 2 rings (SSSR count). The predicted octanol–water partition coefficient (Wildman–Crippen LogP) is 2.83. The molecule has 4 nitrogen and oxygen atoms in total. The lowest BCUT2D eigenvalue weighted by Crippen LogP contribution is -2.30. The van der Waals surface area contributed by atoms with Crippen molar-refractivity contribution in [1.29, 1.82) is 0 Å². The van der Waals surface area contributed by atoms with E-state index < -0.39 is 5.54 Å². The monoisotopic (exact) mass is 299 g/mol. The summed E-state index contributed by atoms with van der Waals surface area (Å²) in [6.45, 7) is 3.56. The molecule has 1 heterocycles. The van der Waals surface area contributed by atoms with Crippen molar-refractivity contribution in [3.63, 3.8) is 0 Å². The Hall–Kier alpha value is -1.27. The van der Waals surface area contributed by atoms with Gasteiger partial charge in [0.25, 0.3) is 5.89 Å². The molecule has 0 bridgehead atoms. The zero-order chi connectivity index (χ0) is 12.6. The van der Waals surface area contributed by atoms with E-state index in [1.807, 2.05) is 0 Å². The molecule has 6 heteroatoms. The van der Waals surface area contributed by atoms with Crippen LogP contribution in [-0.2, 0) is 5.54 Å². The second-order valence-corrected chi connectivity index (χ2v) is 5.12. The molecule has 2 N–H and O–H groups in total. The minimum absolute atomic E-state index is 0.311. The smallest absolute Gasteiger partial charge is 0.259 e. The van der Waals surface area contributed by atoms with Gasteiger partial charge in [-0.3, -0.25) is 0 Å². The van der Waals surface area contributed by atoms with E-state index in [4.69, 9.17) is 10.3 Å². The fraction of sp³-hybridized carbons (Fsp3) is 0.273. The number of benzene rings is 1. The van der Waals surface area contributed by atoms with Crippen LogP contribution >= 0.6 is 15.9 Å². The molecule has 0 atom stereocenters. The van der Waals surface area contributed by atoms with E-state index in [0.29, 0.717) is 21.8 Å². The van der Waals surface area contributed by atoms with E-state index in [0.717, 1.165) is 0 Å². The van der Waals surface area contributed by atoms with Gasteiger partial charge in [-0.25, -0.2) is 4.39 Å². The molecular weight excluding hydrogens is 289 g/mol. The quantitative estimate of drug-likeness (QED) is 0.926. The largest absolute Gasteiger partial charge is 0.334 e. The number of nitrogens with zero attached hydrogens (tertiary/aromatic N) is 2. The topological polar surface area (TPSA) is 64.9 Å². The van der Waals surface area contributed by atoms with Gasteiger partial charge in [-0.05, 0) is 48.0 Å². The molecule has 0 saturated heterocycles. The summed E-state index contributed by atoms with van der Waals surface area (Å²) in [5.74, 6) is 0.383. The molecule has 17 heavy (non-hydrogen) atoms. The second-order valence-electron chi connectivity index (χ2n) is 4.27. The van der Waals surface area contributed by atoms with Crippen molar-refractivity contribution in [3.05, 3.63) is 34.3 Å². The summed E-state index contributed by atoms with van der Waals surface area (Å²) in [7, 11) is 0. The zero-order valence-corrected chi connectivity index (χ0v) is 11.0. The Morgan fingerprint density at radius 3 is 2.65 bits per heavy atom. The molecule has 0 amide bonds. The fourth-order valence-electron chi connectivity index (χ4n) is 1.26. The van der Waals surface area contributed by atoms with Crippen molar-refractivity contribution in [1.82, 2.24) is 10.1 Å². The van der Waals surface area contributed by atoms with Gasteiger partial charge < -0.3 is 10.3 Å². The lowest BCUT2D eigenvalue weighted by Gasteiger charge is -2.11. The standard InChI is InChI=1S/C11H11BrFN3O/c1-11(2,14)10-15-9(17-16-10)7-4-3-6(13)5-8(7)12/h3-5H,14H2,1-2H3. The molecule has 2 aromatic rings. The molecule has 0 fully saturated rings. The van der Waals surface area contributed by atoms with Gasteiger partial charge in [0.1, 0.15) is 5.82 Å². The van der Waals surface area contributed by atoms with Crippen molar-refractivity contribution >= 4 is 15.9 Å². The normalized spacial score (nSPS) is 11.8. The van der Waals surface area contributed by atoms with E-state index >= 15 is 0 Å². The summed E-state index contributed by atoms with van der Waals surface area (Å²) in [5.41, 5.74) is 5.81. The third-order valence-corrected chi connectivity index (χ3v) is 2.82. The van der Waals surface area contributed by atoms with Crippen molar-refractivity contribution in [2.45, 2.75) is 19.4 Å². The Morgan fingerprint density at radius 2 is 2.12 bits per heavy atom. The number of halogens is 2. The Labute approximate surface area is 106 Å². The number of hydrogen-bond acceptors (Lipinski definition) is 4. The third-order valence-electron chi connectivity index (χ3n) is 2.16. The van der Waals surface area contributed by atoms with Gasteiger partial charge in [0.05, 0.1) is 11.1 Å². The molecule has 0 aliphatic rings.